The lowest BCUT2D eigenvalue weighted by Gasteiger charge is -2.17. The highest BCUT2D eigenvalue weighted by Gasteiger charge is 2.35. The van der Waals surface area contributed by atoms with Crippen LogP contribution in [0.2, 0.25) is 0 Å². The van der Waals surface area contributed by atoms with Crippen molar-refractivity contribution in [3.63, 3.8) is 0 Å². The van der Waals surface area contributed by atoms with E-state index in [1.54, 1.807) is 24.3 Å². The molecule has 1 aliphatic heterocycles. The van der Waals surface area contributed by atoms with Crippen LogP contribution in [0.15, 0.2) is 47.3 Å². The largest absolute Gasteiger partial charge is 0.418 e. The molecule has 178 valence electrons. The van der Waals surface area contributed by atoms with Gasteiger partial charge in [-0.1, -0.05) is 17.3 Å². The van der Waals surface area contributed by atoms with Crippen molar-refractivity contribution in [3.05, 3.63) is 58.4 Å². The van der Waals surface area contributed by atoms with Crippen LogP contribution in [0.3, 0.4) is 0 Å². The fourth-order valence-electron chi connectivity index (χ4n) is 3.56. The molecule has 3 aromatic rings. The number of amides is 2. The minimum Gasteiger partial charge on any atom is -0.368 e. The summed E-state index contributed by atoms with van der Waals surface area (Å²) in [6.07, 6.45) is -4.59. The van der Waals surface area contributed by atoms with Gasteiger partial charge >= 0.3 is 6.18 Å². The first kappa shape index (κ1) is 23.4. The molecule has 2 heterocycles. The average molecular weight is 475 g/mol. The summed E-state index contributed by atoms with van der Waals surface area (Å²) < 4.78 is 47.1. The molecular formula is C22H20F3N5O4. The van der Waals surface area contributed by atoms with Crippen molar-refractivity contribution in [2.75, 3.05) is 17.2 Å². The van der Waals surface area contributed by atoms with E-state index in [2.05, 4.69) is 20.9 Å². The SMILES string of the molecule is O=C(CCn1nnc2ccccc2c1=O)Nc1ccc(NC(=O)C2CCCO2)cc1C(F)(F)F. The van der Waals surface area contributed by atoms with E-state index in [9.17, 15) is 27.6 Å². The summed E-state index contributed by atoms with van der Waals surface area (Å²) in [4.78, 5) is 36.9. The lowest BCUT2D eigenvalue weighted by molar-refractivity contribution is -0.137. The molecule has 0 aliphatic carbocycles. The molecule has 0 saturated carbocycles. The molecule has 2 aromatic carbocycles. The molecule has 1 fully saturated rings. The van der Waals surface area contributed by atoms with Crippen LogP contribution in [0.4, 0.5) is 24.5 Å². The van der Waals surface area contributed by atoms with Crippen molar-refractivity contribution in [1.29, 1.82) is 0 Å². The second kappa shape index (κ2) is 9.59. The minimum absolute atomic E-state index is 0.0659. The second-order valence-electron chi connectivity index (χ2n) is 7.68. The number of anilines is 2. The third-order valence-corrected chi connectivity index (χ3v) is 5.27. The second-order valence-corrected chi connectivity index (χ2v) is 7.68. The number of hydrogen-bond donors (Lipinski definition) is 2. The van der Waals surface area contributed by atoms with Crippen molar-refractivity contribution in [2.24, 2.45) is 0 Å². The highest BCUT2D eigenvalue weighted by molar-refractivity contribution is 5.96. The standard InChI is InChI=1S/C22H20F3N5O4/c23-22(24,25)15-12-13(26-20(32)18-6-3-11-34-18)7-8-17(15)27-19(31)9-10-30-21(33)14-4-1-2-5-16(14)28-29-30/h1-2,4-5,7-8,12,18H,3,6,9-11H2,(H,26,32)(H,27,31). The van der Waals surface area contributed by atoms with Crippen LogP contribution in [0.5, 0.6) is 0 Å². The molecule has 1 unspecified atom stereocenters. The molecule has 0 bridgehead atoms. The zero-order valence-corrected chi connectivity index (χ0v) is 17.8. The fourth-order valence-corrected chi connectivity index (χ4v) is 3.56. The third kappa shape index (κ3) is 5.22. The smallest absolute Gasteiger partial charge is 0.368 e. The molecule has 1 atom stereocenters. The first-order valence-electron chi connectivity index (χ1n) is 10.5. The number of ether oxygens (including phenoxy) is 1. The highest BCUT2D eigenvalue weighted by atomic mass is 19.4. The molecule has 34 heavy (non-hydrogen) atoms. The van der Waals surface area contributed by atoms with E-state index in [0.29, 0.717) is 30.4 Å². The van der Waals surface area contributed by atoms with Gasteiger partial charge in [0.2, 0.25) is 5.91 Å². The van der Waals surface area contributed by atoms with E-state index in [-0.39, 0.29) is 18.7 Å². The van der Waals surface area contributed by atoms with Crippen molar-refractivity contribution in [3.8, 4) is 0 Å². The Morgan fingerprint density at radius 3 is 2.68 bits per heavy atom. The molecule has 0 radical (unpaired) electrons. The van der Waals surface area contributed by atoms with Gasteiger partial charge < -0.3 is 15.4 Å². The minimum atomic E-state index is -4.78. The fraction of sp³-hybridized carbons (Fsp3) is 0.318. The summed E-state index contributed by atoms with van der Waals surface area (Å²) in [5.41, 5.74) is -1.71. The van der Waals surface area contributed by atoms with Gasteiger partial charge in [-0.2, -0.15) is 13.2 Å². The van der Waals surface area contributed by atoms with Gasteiger partial charge in [0.1, 0.15) is 11.6 Å². The molecule has 0 spiro atoms. The Bertz CT molecular complexity index is 1290. The van der Waals surface area contributed by atoms with E-state index in [1.807, 2.05) is 0 Å². The van der Waals surface area contributed by atoms with Gasteiger partial charge in [-0.15, -0.1) is 5.10 Å². The van der Waals surface area contributed by atoms with Gasteiger partial charge in [0.15, 0.2) is 0 Å². The quantitative estimate of drug-likeness (QED) is 0.567. The number of aryl methyl sites for hydroxylation is 1. The van der Waals surface area contributed by atoms with Gasteiger partial charge in [-0.05, 0) is 43.2 Å². The van der Waals surface area contributed by atoms with Crippen LogP contribution in [0, 0.1) is 0 Å². The van der Waals surface area contributed by atoms with Crippen LogP contribution >= 0.6 is 0 Å². The van der Waals surface area contributed by atoms with Crippen molar-refractivity contribution in [1.82, 2.24) is 15.0 Å². The lowest BCUT2D eigenvalue weighted by atomic mass is 10.1. The number of alkyl halides is 3. The van der Waals surface area contributed by atoms with Crippen LogP contribution in [0.1, 0.15) is 24.8 Å². The van der Waals surface area contributed by atoms with Gasteiger partial charge in [0.25, 0.3) is 11.5 Å². The Labute approximate surface area is 190 Å². The number of carbonyl (C=O) groups excluding carboxylic acids is 2. The summed E-state index contributed by atoms with van der Waals surface area (Å²) in [6, 6.07) is 9.62. The number of carbonyl (C=O) groups is 2. The maximum Gasteiger partial charge on any atom is 0.418 e. The monoisotopic (exact) mass is 475 g/mol. The van der Waals surface area contributed by atoms with Gasteiger partial charge in [0, 0.05) is 18.7 Å². The number of nitrogens with one attached hydrogen (secondary N) is 2. The lowest BCUT2D eigenvalue weighted by Crippen LogP contribution is -2.27. The Balaban J connectivity index is 1.46. The first-order chi connectivity index (χ1) is 16.2. The Morgan fingerprint density at radius 1 is 1.15 bits per heavy atom. The maximum absolute atomic E-state index is 13.6. The maximum atomic E-state index is 13.6. The summed E-state index contributed by atoms with van der Waals surface area (Å²) in [5, 5.41) is 12.6. The van der Waals surface area contributed by atoms with Gasteiger partial charge in [-0.3, -0.25) is 14.4 Å². The molecule has 9 nitrogen and oxygen atoms in total. The Morgan fingerprint density at radius 2 is 1.94 bits per heavy atom. The molecule has 4 rings (SSSR count). The summed E-state index contributed by atoms with van der Waals surface area (Å²) in [7, 11) is 0. The summed E-state index contributed by atoms with van der Waals surface area (Å²) in [6.45, 7) is 0.257. The van der Waals surface area contributed by atoms with Crippen LogP contribution in [0.25, 0.3) is 10.9 Å². The number of halogens is 3. The van der Waals surface area contributed by atoms with Crippen LogP contribution in [-0.2, 0) is 27.0 Å². The van der Waals surface area contributed by atoms with Crippen LogP contribution < -0.4 is 16.2 Å². The van der Waals surface area contributed by atoms with Gasteiger partial charge in [0.05, 0.1) is 23.2 Å². The summed E-state index contributed by atoms with van der Waals surface area (Å²) >= 11 is 0. The number of benzene rings is 2. The molecule has 1 saturated heterocycles. The van der Waals surface area contributed by atoms with E-state index >= 15 is 0 Å². The Kier molecular flexibility index (Phi) is 6.59. The van der Waals surface area contributed by atoms with E-state index < -0.39 is 40.9 Å². The first-order valence-corrected chi connectivity index (χ1v) is 10.5. The predicted molar refractivity (Wildman–Crippen MR) is 116 cm³/mol. The topological polar surface area (TPSA) is 115 Å². The number of rotatable bonds is 6. The molecule has 2 N–H and O–H groups in total. The normalized spacial score (nSPS) is 15.9. The number of aromatic nitrogens is 3. The molecule has 2 amide bonds. The number of fused-ring (bicyclic) bond motifs is 1. The van der Waals surface area contributed by atoms with Crippen LogP contribution in [-0.4, -0.2) is 39.5 Å². The molecule has 1 aromatic heterocycles. The number of hydrogen-bond acceptors (Lipinski definition) is 6. The van der Waals surface area contributed by atoms with E-state index in [0.717, 1.165) is 16.8 Å². The Hall–Kier alpha value is -3.80. The van der Waals surface area contributed by atoms with Crippen molar-refractivity contribution in [2.45, 2.75) is 38.1 Å². The number of nitrogens with zero attached hydrogens (tertiary/aromatic N) is 3. The molecular weight excluding hydrogens is 455 g/mol. The third-order valence-electron chi connectivity index (χ3n) is 5.27. The van der Waals surface area contributed by atoms with E-state index in [4.69, 9.17) is 4.74 Å². The average Bonchev–Trinajstić information content (AvgIpc) is 3.34. The van der Waals surface area contributed by atoms with E-state index in [1.165, 1.54) is 6.07 Å². The highest BCUT2D eigenvalue weighted by Crippen LogP contribution is 2.36. The van der Waals surface area contributed by atoms with Crippen molar-refractivity contribution >= 4 is 34.1 Å². The van der Waals surface area contributed by atoms with Crippen molar-refractivity contribution < 1.29 is 27.5 Å². The predicted octanol–water partition coefficient (Wildman–Crippen LogP) is 2.96. The zero-order valence-electron chi connectivity index (χ0n) is 17.8. The molecule has 1 aliphatic rings. The van der Waals surface area contributed by atoms with Gasteiger partial charge in [-0.25, -0.2) is 4.68 Å². The summed E-state index contributed by atoms with van der Waals surface area (Å²) in [5.74, 6) is -1.27. The zero-order chi connectivity index (χ0) is 24.3. The molecule has 12 heteroatoms.